The van der Waals surface area contributed by atoms with Gasteiger partial charge in [0.15, 0.2) is 0 Å². The van der Waals surface area contributed by atoms with Crippen LogP contribution >= 0.6 is 0 Å². The van der Waals surface area contributed by atoms with Gasteiger partial charge < -0.3 is 9.80 Å². The Labute approximate surface area is 162 Å². The number of carbonyl (C=O) groups is 2. The molecule has 1 aliphatic carbocycles. The molecule has 3 fully saturated rings. The van der Waals surface area contributed by atoms with Gasteiger partial charge in [-0.05, 0) is 31.7 Å². The SMILES string of the molecule is Cc1cccc(CN2CCN3CCCN(C(=O)C4CCCC4)CC3C2=O)c1. The van der Waals surface area contributed by atoms with Crippen molar-refractivity contribution in [1.82, 2.24) is 14.7 Å². The van der Waals surface area contributed by atoms with Gasteiger partial charge in [-0.3, -0.25) is 14.5 Å². The molecule has 1 atom stereocenters. The van der Waals surface area contributed by atoms with Crippen LogP contribution in [-0.4, -0.2) is 65.3 Å². The van der Waals surface area contributed by atoms with Crippen LogP contribution in [0.3, 0.4) is 0 Å². The molecule has 2 aliphatic heterocycles. The predicted octanol–water partition coefficient (Wildman–Crippen LogP) is 2.43. The molecule has 3 aliphatic rings. The Morgan fingerprint density at radius 2 is 1.89 bits per heavy atom. The van der Waals surface area contributed by atoms with Gasteiger partial charge in [0, 0.05) is 45.2 Å². The van der Waals surface area contributed by atoms with Crippen molar-refractivity contribution in [1.29, 1.82) is 0 Å². The van der Waals surface area contributed by atoms with E-state index < -0.39 is 0 Å². The summed E-state index contributed by atoms with van der Waals surface area (Å²) in [5, 5.41) is 0. The second-order valence-electron chi connectivity index (χ2n) is 8.42. The summed E-state index contributed by atoms with van der Waals surface area (Å²) >= 11 is 0. The highest BCUT2D eigenvalue weighted by atomic mass is 16.2. The van der Waals surface area contributed by atoms with E-state index >= 15 is 0 Å². The molecule has 1 unspecified atom stereocenters. The summed E-state index contributed by atoms with van der Waals surface area (Å²) in [6, 6.07) is 8.22. The zero-order valence-corrected chi connectivity index (χ0v) is 16.4. The molecule has 0 bridgehead atoms. The fourth-order valence-corrected chi connectivity index (χ4v) is 4.93. The molecule has 5 nitrogen and oxygen atoms in total. The number of carbonyl (C=O) groups excluding carboxylic acids is 2. The largest absolute Gasteiger partial charge is 0.340 e. The fourth-order valence-electron chi connectivity index (χ4n) is 4.93. The van der Waals surface area contributed by atoms with Gasteiger partial charge in [0.25, 0.3) is 0 Å². The van der Waals surface area contributed by atoms with Crippen molar-refractivity contribution in [3.05, 3.63) is 35.4 Å². The minimum atomic E-state index is -0.170. The highest BCUT2D eigenvalue weighted by Crippen LogP contribution is 2.28. The summed E-state index contributed by atoms with van der Waals surface area (Å²) < 4.78 is 0. The van der Waals surface area contributed by atoms with Crippen LogP contribution in [0.1, 0.15) is 43.2 Å². The van der Waals surface area contributed by atoms with Crippen molar-refractivity contribution >= 4 is 11.8 Å². The molecule has 2 saturated heterocycles. The third-order valence-corrected chi connectivity index (χ3v) is 6.43. The minimum Gasteiger partial charge on any atom is -0.340 e. The van der Waals surface area contributed by atoms with Gasteiger partial charge in [0.2, 0.25) is 11.8 Å². The maximum absolute atomic E-state index is 13.2. The van der Waals surface area contributed by atoms with E-state index in [9.17, 15) is 9.59 Å². The summed E-state index contributed by atoms with van der Waals surface area (Å²) in [5.74, 6) is 0.672. The second kappa shape index (κ2) is 8.01. The lowest BCUT2D eigenvalue weighted by Gasteiger charge is -2.40. The van der Waals surface area contributed by atoms with Crippen molar-refractivity contribution in [3.8, 4) is 0 Å². The number of hydrogen-bond donors (Lipinski definition) is 0. The van der Waals surface area contributed by atoms with Crippen LogP contribution in [0.25, 0.3) is 0 Å². The molecule has 1 aromatic carbocycles. The van der Waals surface area contributed by atoms with Crippen molar-refractivity contribution < 1.29 is 9.59 Å². The Bertz CT molecular complexity index is 699. The first-order valence-electron chi connectivity index (χ1n) is 10.5. The molecular formula is C22H31N3O2. The summed E-state index contributed by atoms with van der Waals surface area (Å²) in [6.45, 7) is 6.73. The Morgan fingerprint density at radius 1 is 1.07 bits per heavy atom. The van der Waals surface area contributed by atoms with E-state index in [1.54, 1.807) is 0 Å². The van der Waals surface area contributed by atoms with Crippen LogP contribution in [0.2, 0.25) is 0 Å². The molecule has 0 N–H and O–H groups in total. The van der Waals surface area contributed by atoms with Crippen LogP contribution in [-0.2, 0) is 16.1 Å². The zero-order chi connectivity index (χ0) is 18.8. The summed E-state index contributed by atoms with van der Waals surface area (Å²) in [5.41, 5.74) is 2.41. The van der Waals surface area contributed by atoms with E-state index in [-0.39, 0.29) is 23.8 Å². The lowest BCUT2D eigenvalue weighted by molar-refractivity contribution is -0.144. The Balaban J connectivity index is 1.45. The monoisotopic (exact) mass is 369 g/mol. The van der Waals surface area contributed by atoms with E-state index in [0.29, 0.717) is 13.1 Å². The fraction of sp³-hybridized carbons (Fsp3) is 0.636. The molecule has 5 heteroatoms. The highest BCUT2D eigenvalue weighted by molar-refractivity contribution is 5.85. The molecule has 2 amide bonds. The molecule has 1 saturated carbocycles. The van der Waals surface area contributed by atoms with E-state index in [1.165, 1.54) is 24.0 Å². The molecule has 4 rings (SSSR count). The molecule has 2 heterocycles. The first-order valence-corrected chi connectivity index (χ1v) is 10.5. The van der Waals surface area contributed by atoms with E-state index in [1.807, 2.05) is 9.80 Å². The first kappa shape index (κ1) is 18.5. The Hall–Kier alpha value is -1.88. The second-order valence-corrected chi connectivity index (χ2v) is 8.42. The van der Waals surface area contributed by atoms with Gasteiger partial charge >= 0.3 is 0 Å². The summed E-state index contributed by atoms with van der Waals surface area (Å²) in [6.07, 6.45) is 5.36. The first-order chi connectivity index (χ1) is 13.1. The van der Waals surface area contributed by atoms with E-state index in [0.717, 1.165) is 45.4 Å². The normalized spacial score (nSPS) is 24.8. The third-order valence-electron chi connectivity index (χ3n) is 6.43. The molecule has 0 aromatic heterocycles. The van der Waals surface area contributed by atoms with Gasteiger partial charge in [-0.15, -0.1) is 0 Å². The average molecular weight is 370 g/mol. The Morgan fingerprint density at radius 3 is 2.67 bits per heavy atom. The zero-order valence-electron chi connectivity index (χ0n) is 16.4. The van der Waals surface area contributed by atoms with E-state index in [4.69, 9.17) is 0 Å². The number of fused-ring (bicyclic) bond motifs is 1. The number of nitrogens with zero attached hydrogens (tertiary/aromatic N) is 3. The number of hydrogen-bond acceptors (Lipinski definition) is 3. The van der Waals surface area contributed by atoms with Crippen LogP contribution in [0.4, 0.5) is 0 Å². The number of amides is 2. The lowest BCUT2D eigenvalue weighted by atomic mass is 10.1. The number of piperazine rings is 1. The maximum atomic E-state index is 13.2. The van der Waals surface area contributed by atoms with Gasteiger partial charge in [0.05, 0.1) is 0 Å². The molecule has 27 heavy (non-hydrogen) atoms. The topological polar surface area (TPSA) is 43.9 Å². The van der Waals surface area contributed by atoms with Crippen LogP contribution < -0.4 is 0 Å². The standard InChI is InChI=1S/C22H31N3O2/c1-17-6-4-7-18(14-17)15-25-13-12-23-10-5-11-24(16-20(23)22(25)27)21(26)19-8-2-3-9-19/h4,6-7,14,19-20H,2-3,5,8-13,15-16H2,1H3. The van der Waals surface area contributed by atoms with Crippen molar-refractivity contribution in [2.75, 3.05) is 32.7 Å². The van der Waals surface area contributed by atoms with Crippen LogP contribution in [0, 0.1) is 12.8 Å². The highest BCUT2D eigenvalue weighted by Gasteiger charge is 2.39. The van der Waals surface area contributed by atoms with E-state index in [2.05, 4.69) is 36.1 Å². The van der Waals surface area contributed by atoms with Crippen molar-refractivity contribution in [3.63, 3.8) is 0 Å². The van der Waals surface area contributed by atoms with Gasteiger partial charge in [-0.2, -0.15) is 0 Å². The number of benzene rings is 1. The van der Waals surface area contributed by atoms with Gasteiger partial charge in [0.1, 0.15) is 6.04 Å². The molecule has 146 valence electrons. The third kappa shape index (κ3) is 4.03. The molecule has 0 radical (unpaired) electrons. The lowest BCUT2D eigenvalue weighted by Crippen LogP contribution is -2.59. The van der Waals surface area contributed by atoms with Crippen molar-refractivity contribution in [2.24, 2.45) is 5.92 Å². The molecular weight excluding hydrogens is 338 g/mol. The number of rotatable bonds is 3. The van der Waals surface area contributed by atoms with Gasteiger partial charge in [-0.1, -0.05) is 42.7 Å². The van der Waals surface area contributed by atoms with Crippen LogP contribution in [0.5, 0.6) is 0 Å². The molecule has 0 spiro atoms. The average Bonchev–Trinajstić information content (AvgIpc) is 3.10. The van der Waals surface area contributed by atoms with Crippen molar-refractivity contribution in [2.45, 2.75) is 51.6 Å². The predicted molar refractivity (Wildman–Crippen MR) is 105 cm³/mol. The van der Waals surface area contributed by atoms with Gasteiger partial charge in [-0.25, -0.2) is 0 Å². The van der Waals surface area contributed by atoms with Crippen LogP contribution in [0.15, 0.2) is 24.3 Å². The molecule has 1 aromatic rings. The summed E-state index contributed by atoms with van der Waals surface area (Å²) in [7, 11) is 0. The maximum Gasteiger partial charge on any atom is 0.242 e. The smallest absolute Gasteiger partial charge is 0.242 e. The summed E-state index contributed by atoms with van der Waals surface area (Å²) in [4.78, 5) is 32.4. The Kier molecular flexibility index (Phi) is 5.48. The minimum absolute atomic E-state index is 0.170. The quantitative estimate of drug-likeness (QED) is 0.822. The number of aryl methyl sites for hydroxylation is 1.